The molecule has 14 heavy (non-hydrogen) atoms. The van der Waals surface area contributed by atoms with Crippen LogP contribution in [0, 0.1) is 0 Å². The molecule has 0 fully saturated rings. The Balaban J connectivity index is 2.62. The number of unbranched alkanes of at least 4 members (excludes halogenated alkanes) is 1. The minimum Gasteiger partial charge on any atom is -0.354 e. The summed E-state index contributed by atoms with van der Waals surface area (Å²) in [5, 5.41) is 3.66. The normalized spacial score (nSPS) is 10.2. The minimum absolute atomic E-state index is 0.510. The van der Waals surface area contributed by atoms with Crippen LogP contribution >= 0.6 is 11.6 Å². The molecule has 78 valence electrons. The first kappa shape index (κ1) is 11.2. The maximum absolute atomic E-state index is 5.85. The highest BCUT2D eigenvalue weighted by molar-refractivity contribution is 6.29. The van der Waals surface area contributed by atoms with Crippen LogP contribution in [0.2, 0.25) is 5.15 Å². The summed E-state index contributed by atoms with van der Waals surface area (Å²) in [6.07, 6.45) is 3.16. The van der Waals surface area contributed by atoms with Gasteiger partial charge in [-0.15, -0.1) is 0 Å². The lowest BCUT2D eigenvalue weighted by Crippen LogP contribution is -2.06. The highest BCUT2D eigenvalue weighted by atomic mass is 35.5. The molecule has 0 radical (unpaired) electrons. The first-order valence-electron chi connectivity index (χ1n) is 5.03. The van der Waals surface area contributed by atoms with Gasteiger partial charge < -0.3 is 5.32 Å². The summed E-state index contributed by atoms with van der Waals surface area (Å²) in [5.74, 6) is 0.641. The van der Waals surface area contributed by atoms with E-state index in [2.05, 4.69) is 29.1 Å². The van der Waals surface area contributed by atoms with Crippen molar-refractivity contribution in [2.45, 2.75) is 33.1 Å². The van der Waals surface area contributed by atoms with E-state index in [4.69, 9.17) is 11.6 Å². The first-order chi connectivity index (χ1) is 6.76. The lowest BCUT2D eigenvalue weighted by atomic mass is 10.3. The number of aromatic nitrogens is 2. The Morgan fingerprint density at radius 3 is 2.79 bits per heavy atom. The van der Waals surface area contributed by atoms with Gasteiger partial charge in [0.1, 0.15) is 5.15 Å². The van der Waals surface area contributed by atoms with E-state index in [1.54, 1.807) is 6.07 Å². The van der Waals surface area contributed by atoms with Gasteiger partial charge in [0.15, 0.2) is 0 Å². The molecule has 0 unspecified atom stereocenters. The van der Waals surface area contributed by atoms with Crippen molar-refractivity contribution in [3.05, 3.63) is 16.9 Å². The van der Waals surface area contributed by atoms with E-state index in [1.807, 2.05) is 0 Å². The molecule has 1 aromatic heterocycles. The number of hydrogen-bond acceptors (Lipinski definition) is 3. The fraction of sp³-hybridized carbons (Fsp3) is 0.600. The molecule has 3 nitrogen and oxygen atoms in total. The molecule has 0 saturated carbocycles. The van der Waals surface area contributed by atoms with Crippen LogP contribution in [0.1, 0.15) is 32.4 Å². The minimum atomic E-state index is 0.510. The van der Waals surface area contributed by atoms with Crippen LogP contribution in [0.5, 0.6) is 0 Å². The number of anilines is 1. The van der Waals surface area contributed by atoms with Crippen molar-refractivity contribution in [3.8, 4) is 0 Å². The number of aryl methyl sites for hydroxylation is 1. The average molecular weight is 214 g/mol. The average Bonchev–Trinajstić information content (AvgIpc) is 2.17. The van der Waals surface area contributed by atoms with Gasteiger partial charge in [0.05, 0.1) is 0 Å². The van der Waals surface area contributed by atoms with E-state index in [1.165, 1.54) is 0 Å². The monoisotopic (exact) mass is 213 g/mol. The molecular weight excluding hydrogens is 198 g/mol. The third-order valence-electron chi connectivity index (χ3n) is 1.92. The molecule has 1 N–H and O–H groups in total. The summed E-state index contributed by atoms with van der Waals surface area (Å²) in [6, 6.07) is 1.80. The third kappa shape index (κ3) is 3.50. The van der Waals surface area contributed by atoms with Gasteiger partial charge in [0.25, 0.3) is 0 Å². The van der Waals surface area contributed by atoms with Gasteiger partial charge in [0, 0.05) is 12.2 Å². The standard InChI is InChI=1S/C10H16ClN3/c1-3-5-6-12-10-13-8(4-2)7-9(11)14-10/h7H,3-6H2,1-2H3,(H,12,13,14). The van der Waals surface area contributed by atoms with E-state index in [0.717, 1.165) is 31.5 Å². The molecule has 0 aliphatic rings. The summed E-state index contributed by atoms with van der Waals surface area (Å²) in [5.41, 5.74) is 0.976. The zero-order valence-corrected chi connectivity index (χ0v) is 9.43. The quantitative estimate of drug-likeness (QED) is 0.604. The molecule has 0 atom stereocenters. The van der Waals surface area contributed by atoms with Crippen LogP contribution in [-0.2, 0) is 6.42 Å². The SMILES string of the molecule is CCCCNc1nc(Cl)cc(CC)n1. The van der Waals surface area contributed by atoms with Crippen LogP contribution < -0.4 is 5.32 Å². The maximum atomic E-state index is 5.85. The van der Waals surface area contributed by atoms with E-state index >= 15 is 0 Å². The van der Waals surface area contributed by atoms with Crippen LogP contribution in [0.3, 0.4) is 0 Å². The van der Waals surface area contributed by atoms with Crippen LogP contribution in [-0.4, -0.2) is 16.5 Å². The molecule has 4 heteroatoms. The lowest BCUT2D eigenvalue weighted by molar-refractivity contribution is 0.823. The van der Waals surface area contributed by atoms with E-state index in [-0.39, 0.29) is 0 Å². The number of hydrogen-bond donors (Lipinski definition) is 1. The van der Waals surface area contributed by atoms with Gasteiger partial charge in [-0.3, -0.25) is 0 Å². The Morgan fingerprint density at radius 2 is 2.14 bits per heavy atom. The van der Waals surface area contributed by atoms with Crippen molar-refractivity contribution >= 4 is 17.5 Å². The van der Waals surface area contributed by atoms with Gasteiger partial charge in [-0.2, -0.15) is 0 Å². The molecular formula is C10H16ClN3. The predicted octanol–water partition coefficient (Wildman–Crippen LogP) is 2.90. The van der Waals surface area contributed by atoms with Crippen LogP contribution in [0.4, 0.5) is 5.95 Å². The summed E-state index contributed by atoms with van der Waals surface area (Å²) >= 11 is 5.85. The molecule has 0 amide bonds. The Labute approximate surface area is 89.9 Å². The van der Waals surface area contributed by atoms with E-state index in [9.17, 15) is 0 Å². The molecule has 0 aromatic carbocycles. The van der Waals surface area contributed by atoms with Gasteiger partial charge in [-0.1, -0.05) is 31.9 Å². The smallest absolute Gasteiger partial charge is 0.224 e. The van der Waals surface area contributed by atoms with Crippen LogP contribution in [0.25, 0.3) is 0 Å². The topological polar surface area (TPSA) is 37.8 Å². The Hall–Kier alpha value is -0.830. The molecule has 0 spiro atoms. The van der Waals surface area contributed by atoms with Crippen LogP contribution in [0.15, 0.2) is 6.07 Å². The molecule has 0 saturated heterocycles. The number of nitrogens with one attached hydrogen (secondary N) is 1. The Kier molecular flexibility index (Phi) is 4.66. The zero-order chi connectivity index (χ0) is 10.4. The second kappa shape index (κ2) is 5.81. The highest BCUT2D eigenvalue weighted by Gasteiger charge is 2.00. The molecule has 0 bridgehead atoms. The first-order valence-corrected chi connectivity index (χ1v) is 5.41. The summed E-state index contributed by atoms with van der Waals surface area (Å²) in [4.78, 5) is 8.41. The number of rotatable bonds is 5. The molecule has 1 rings (SSSR count). The largest absolute Gasteiger partial charge is 0.354 e. The second-order valence-electron chi connectivity index (χ2n) is 3.14. The van der Waals surface area contributed by atoms with E-state index < -0.39 is 0 Å². The highest BCUT2D eigenvalue weighted by Crippen LogP contribution is 2.10. The number of halogens is 1. The van der Waals surface area contributed by atoms with Gasteiger partial charge in [-0.25, -0.2) is 9.97 Å². The van der Waals surface area contributed by atoms with Crippen molar-refractivity contribution in [3.63, 3.8) is 0 Å². The summed E-state index contributed by atoms with van der Waals surface area (Å²) < 4.78 is 0. The molecule has 0 aliphatic heterocycles. The van der Waals surface area contributed by atoms with Crippen molar-refractivity contribution in [2.24, 2.45) is 0 Å². The van der Waals surface area contributed by atoms with Crippen molar-refractivity contribution in [1.29, 1.82) is 0 Å². The number of nitrogens with zero attached hydrogens (tertiary/aromatic N) is 2. The molecule has 1 aromatic rings. The van der Waals surface area contributed by atoms with Crippen molar-refractivity contribution in [2.75, 3.05) is 11.9 Å². The van der Waals surface area contributed by atoms with Gasteiger partial charge in [0.2, 0.25) is 5.95 Å². The van der Waals surface area contributed by atoms with Gasteiger partial charge in [-0.05, 0) is 18.9 Å². The van der Waals surface area contributed by atoms with E-state index in [0.29, 0.717) is 11.1 Å². The third-order valence-corrected chi connectivity index (χ3v) is 2.12. The predicted molar refractivity (Wildman–Crippen MR) is 59.8 cm³/mol. The van der Waals surface area contributed by atoms with Crippen molar-refractivity contribution in [1.82, 2.24) is 9.97 Å². The Bertz CT molecular complexity index is 289. The summed E-state index contributed by atoms with van der Waals surface area (Å²) in [7, 11) is 0. The molecule has 1 heterocycles. The Morgan fingerprint density at radius 1 is 1.36 bits per heavy atom. The lowest BCUT2D eigenvalue weighted by Gasteiger charge is -2.05. The second-order valence-corrected chi connectivity index (χ2v) is 3.53. The zero-order valence-electron chi connectivity index (χ0n) is 8.68. The maximum Gasteiger partial charge on any atom is 0.224 e. The van der Waals surface area contributed by atoms with Crippen molar-refractivity contribution < 1.29 is 0 Å². The van der Waals surface area contributed by atoms with Gasteiger partial charge >= 0.3 is 0 Å². The fourth-order valence-corrected chi connectivity index (χ4v) is 1.31. The molecule has 0 aliphatic carbocycles. The summed E-state index contributed by atoms with van der Waals surface area (Å²) in [6.45, 7) is 5.10. The fourth-order valence-electron chi connectivity index (χ4n) is 1.10.